The van der Waals surface area contributed by atoms with Crippen molar-refractivity contribution < 1.29 is 9.66 Å². The number of methoxy groups -OCH3 is 1. The van der Waals surface area contributed by atoms with Gasteiger partial charge < -0.3 is 10.1 Å². The van der Waals surface area contributed by atoms with E-state index in [1.165, 1.54) is 13.2 Å². The van der Waals surface area contributed by atoms with E-state index in [2.05, 4.69) is 19.2 Å². The minimum Gasteiger partial charge on any atom is -0.496 e. The summed E-state index contributed by atoms with van der Waals surface area (Å²) in [5.41, 5.74) is 0.922. The molecule has 1 N–H and O–H groups in total. The third kappa shape index (κ3) is 5.48. The molecule has 1 aromatic rings. The van der Waals surface area contributed by atoms with Gasteiger partial charge in [0.2, 0.25) is 0 Å². The molecule has 1 rings (SSSR count). The Labute approximate surface area is 117 Å². The predicted molar refractivity (Wildman–Crippen MR) is 78.9 cm³/mol. The number of nitrogens with one attached hydrogen (secondary N) is 1. The van der Waals surface area contributed by atoms with Gasteiger partial charge in [-0.1, -0.05) is 6.92 Å². The molecule has 0 saturated carbocycles. The first-order chi connectivity index (χ1) is 9.06. The van der Waals surface area contributed by atoms with Crippen molar-refractivity contribution in [1.29, 1.82) is 0 Å². The lowest BCUT2D eigenvalue weighted by molar-refractivity contribution is -0.385. The van der Waals surface area contributed by atoms with Gasteiger partial charge in [-0.2, -0.15) is 11.8 Å². The number of ether oxygens (including phenoxy) is 1. The Kier molecular flexibility index (Phi) is 6.66. The molecule has 1 aromatic carbocycles. The number of hydrogen-bond donors (Lipinski definition) is 1. The van der Waals surface area contributed by atoms with Crippen LogP contribution >= 0.6 is 11.8 Å². The Hall–Kier alpha value is -1.27. The molecule has 0 fully saturated rings. The third-order valence-corrected chi connectivity index (χ3v) is 3.77. The average molecular weight is 284 g/mol. The zero-order valence-corrected chi connectivity index (χ0v) is 12.3. The van der Waals surface area contributed by atoms with Gasteiger partial charge in [-0.3, -0.25) is 10.1 Å². The van der Waals surface area contributed by atoms with Crippen LogP contribution in [0, 0.1) is 10.1 Å². The summed E-state index contributed by atoms with van der Waals surface area (Å²) in [6, 6.07) is 5.20. The summed E-state index contributed by atoms with van der Waals surface area (Å²) in [6.45, 7) is 4.84. The van der Waals surface area contributed by atoms with Gasteiger partial charge in [0.15, 0.2) is 0 Å². The molecule has 0 aliphatic heterocycles. The normalized spacial score (nSPS) is 12.2. The monoisotopic (exact) mass is 284 g/mol. The van der Waals surface area contributed by atoms with Gasteiger partial charge in [0.25, 0.3) is 5.69 Å². The number of nitrogens with zero attached hydrogens (tertiary/aromatic N) is 1. The molecule has 19 heavy (non-hydrogen) atoms. The first-order valence-electron chi connectivity index (χ1n) is 6.20. The van der Waals surface area contributed by atoms with Crippen LogP contribution in [0.5, 0.6) is 5.75 Å². The Morgan fingerprint density at radius 1 is 1.47 bits per heavy atom. The van der Waals surface area contributed by atoms with Gasteiger partial charge in [-0.25, -0.2) is 0 Å². The Balaban J connectivity index is 2.66. The van der Waals surface area contributed by atoms with Gasteiger partial charge >= 0.3 is 0 Å². The van der Waals surface area contributed by atoms with Gasteiger partial charge in [0.05, 0.1) is 18.1 Å². The van der Waals surface area contributed by atoms with E-state index in [4.69, 9.17) is 4.74 Å². The SMILES string of the molecule is CCSCC(C)NCc1cc(OC)cc([N+](=O)[O-])c1. The Morgan fingerprint density at radius 2 is 2.21 bits per heavy atom. The highest BCUT2D eigenvalue weighted by atomic mass is 32.2. The first-order valence-corrected chi connectivity index (χ1v) is 7.35. The summed E-state index contributed by atoms with van der Waals surface area (Å²) < 4.78 is 5.08. The van der Waals surface area contributed by atoms with Crippen LogP contribution in [0.15, 0.2) is 18.2 Å². The van der Waals surface area contributed by atoms with Crippen molar-refractivity contribution in [2.24, 2.45) is 0 Å². The maximum atomic E-state index is 10.8. The summed E-state index contributed by atoms with van der Waals surface area (Å²) >= 11 is 1.87. The van der Waals surface area contributed by atoms with Crippen LogP contribution in [0.3, 0.4) is 0 Å². The fourth-order valence-corrected chi connectivity index (χ4v) is 2.32. The molecule has 6 heteroatoms. The summed E-state index contributed by atoms with van der Waals surface area (Å²) in [6.07, 6.45) is 0. The van der Waals surface area contributed by atoms with Crippen LogP contribution in [0.1, 0.15) is 19.4 Å². The van der Waals surface area contributed by atoms with E-state index >= 15 is 0 Å². The second-order valence-electron chi connectivity index (χ2n) is 4.24. The summed E-state index contributed by atoms with van der Waals surface area (Å²) in [5.74, 6) is 2.64. The number of nitro groups is 1. The molecule has 0 aliphatic rings. The van der Waals surface area contributed by atoms with E-state index in [-0.39, 0.29) is 5.69 Å². The number of benzene rings is 1. The minimum atomic E-state index is -0.400. The van der Waals surface area contributed by atoms with E-state index in [9.17, 15) is 10.1 Å². The quantitative estimate of drug-likeness (QED) is 0.587. The van der Waals surface area contributed by atoms with Crippen LogP contribution in [0.2, 0.25) is 0 Å². The molecule has 1 unspecified atom stereocenters. The van der Waals surface area contributed by atoms with Gasteiger partial charge in [0.1, 0.15) is 5.75 Å². The summed E-state index contributed by atoms with van der Waals surface area (Å²) in [7, 11) is 1.51. The third-order valence-electron chi connectivity index (χ3n) is 2.62. The van der Waals surface area contributed by atoms with E-state index in [0.717, 1.165) is 17.1 Å². The van der Waals surface area contributed by atoms with Crippen molar-refractivity contribution in [3.05, 3.63) is 33.9 Å². The number of rotatable bonds is 8. The predicted octanol–water partition coefficient (Wildman–Crippen LogP) is 2.83. The topological polar surface area (TPSA) is 64.4 Å². The average Bonchev–Trinajstić information content (AvgIpc) is 2.42. The Bertz CT molecular complexity index is 426. The smallest absolute Gasteiger partial charge is 0.273 e. The highest BCUT2D eigenvalue weighted by Crippen LogP contribution is 2.22. The van der Waals surface area contributed by atoms with E-state index < -0.39 is 4.92 Å². The lowest BCUT2D eigenvalue weighted by Crippen LogP contribution is -2.27. The van der Waals surface area contributed by atoms with Crippen LogP contribution in [0.25, 0.3) is 0 Å². The molecule has 0 saturated heterocycles. The zero-order chi connectivity index (χ0) is 14.3. The first kappa shape index (κ1) is 15.8. The number of non-ortho nitro benzene ring substituents is 1. The minimum absolute atomic E-state index is 0.0618. The lowest BCUT2D eigenvalue weighted by atomic mass is 10.2. The molecule has 0 aliphatic carbocycles. The molecular weight excluding hydrogens is 264 g/mol. The summed E-state index contributed by atoms with van der Waals surface area (Å²) in [5, 5.41) is 14.2. The zero-order valence-electron chi connectivity index (χ0n) is 11.5. The van der Waals surface area contributed by atoms with Gasteiger partial charge in [-0.05, 0) is 24.3 Å². The summed E-state index contributed by atoms with van der Waals surface area (Å²) in [4.78, 5) is 10.4. The van der Waals surface area contributed by atoms with Crippen molar-refractivity contribution in [3.63, 3.8) is 0 Å². The van der Waals surface area contributed by atoms with Crippen molar-refractivity contribution >= 4 is 17.4 Å². The highest BCUT2D eigenvalue weighted by molar-refractivity contribution is 7.99. The molecule has 5 nitrogen and oxygen atoms in total. The van der Waals surface area contributed by atoms with Crippen LogP contribution in [-0.4, -0.2) is 29.6 Å². The number of thioether (sulfide) groups is 1. The fourth-order valence-electron chi connectivity index (χ4n) is 1.61. The maximum absolute atomic E-state index is 10.8. The van der Waals surface area contributed by atoms with Gasteiger partial charge in [0, 0.05) is 24.4 Å². The fraction of sp³-hybridized carbons (Fsp3) is 0.538. The molecule has 0 spiro atoms. The number of nitro benzene ring substituents is 1. The second kappa shape index (κ2) is 8.01. The molecule has 0 bridgehead atoms. The molecule has 0 aromatic heterocycles. The van der Waals surface area contributed by atoms with E-state index in [1.807, 2.05) is 17.8 Å². The molecule has 1 atom stereocenters. The van der Waals surface area contributed by atoms with E-state index in [0.29, 0.717) is 18.3 Å². The standard InChI is InChI=1S/C13H20N2O3S/c1-4-19-9-10(2)14-8-11-5-12(15(16)17)7-13(6-11)18-3/h5-7,10,14H,4,8-9H2,1-3H3. The van der Waals surface area contributed by atoms with Crippen molar-refractivity contribution in [2.75, 3.05) is 18.6 Å². The number of hydrogen-bond acceptors (Lipinski definition) is 5. The molecule has 106 valence electrons. The molecule has 0 amide bonds. The molecular formula is C13H20N2O3S. The van der Waals surface area contributed by atoms with Crippen molar-refractivity contribution in [3.8, 4) is 5.75 Å². The second-order valence-corrected chi connectivity index (χ2v) is 5.56. The lowest BCUT2D eigenvalue weighted by Gasteiger charge is -2.13. The van der Waals surface area contributed by atoms with Crippen molar-refractivity contribution in [1.82, 2.24) is 5.32 Å². The van der Waals surface area contributed by atoms with Gasteiger partial charge in [-0.15, -0.1) is 0 Å². The maximum Gasteiger partial charge on any atom is 0.273 e. The van der Waals surface area contributed by atoms with Crippen LogP contribution in [-0.2, 0) is 6.54 Å². The largest absolute Gasteiger partial charge is 0.496 e. The van der Waals surface area contributed by atoms with Crippen LogP contribution in [0.4, 0.5) is 5.69 Å². The van der Waals surface area contributed by atoms with Crippen molar-refractivity contribution in [2.45, 2.75) is 26.4 Å². The van der Waals surface area contributed by atoms with E-state index in [1.54, 1.807) is 6.07 Å². The highest BCUT2D eigenvalue weighted by Gasteiger charge is 2.10. The Morgan fingerprint density at radius 3 is 2.79 bits per heavy atom. The molecule has 0 radical (unpaired) electrons. The molecule has 0 heterocycles. The van der Waals surface area contributed by atoms with Crippen LogP contribution < -0.4 is 10.1 Å².